The molecule has 1 amide bonds. The molecular formula is C21H20N6O4. The van der Waals surface area contributed by atoms with Crippen molar-refractivity contribution in [1.29, 1.82) is 0 Å². The van der Waals surface area contributed by atoms with Crippen LogP contribution in [0.25, 0.3) is 0 Å². The summed E-state index contributed by atoms with van der Waals surface area (Å²) in [5, 5.41) is 25.2. The topological polar surface area (TPSA) is 123 Å². The molecule has 0 bridgehead atoms. The maximum Gasteiger partial charge on any atom is 0.282 e. The second-order valence-corrected chi connectivity index (χ2v) is 6.83. The van der Waals surface area contributed by atoms with Gasteiger partial charge in [-0.2, -0.15) is 5.10 Å². The van der Waals surface area contributed by atoms with Crippen LogP contribution in [0.15, 0.2) is 60.8 Å². The number of hydrogen-bond donors (Lipinski definition) is 2. The van der Waals surface area contributed by atoms with Crippen molar-refractivity contribution in [1.82, 2.24) is 10.2 Å². The lowest BCUT2D eigenvalue weighted by Crippen LogP contribution is -2.36. The Bertz CT molecular complexity index is 1080. The number of nitrogens with one attached hydrogen (secondary N) is 2. The van der Waals surface area contributed by atoms with Crippen molar-refractivity contribution in [3.63, 3.8) is 0 Å². The Morgan fingerprint density at radius 3 is 2.52 bits per heavy atom. The number of morpholine rings is 1. The lowest BCUT2D eigenvalue weighted by Gasteiger charge is -2.28. The summed E-state index contributed by atoms with van der Waals surface area (Å²) in [6, 6.07) is 14.7. The van der Waals surface area contributed by atoms with Gasteiger partial charge in [-0.3, -0.25) is 14.9 Å². The summed E-state index contributed by atoms with van der Waals surface area (Å²) in [4.78, 5) is 25.2. The van der Waals surface area contributed by atoms with Gasteiger partial charge in [0.1, 0.15) is 5.56 Å². The average Bonchev–Trinajstić information content (AvgIpc) is 2.81. The van der Waals surface area contributed by atoms with Crippen LogP contribution in [0.4, 0.5) is 28.6 Å². The highest BCUT2D eigenvalue weighted by Gasteiger charge is 2.19. The van der Waals surface area contributed by atoms with Crippen LogP contribution in [-0.2, 0) is 4.74 Å². The molecule has 0 unspecified atom stereocenters. The highest BCUT2D eigenvalue weighted by molar-refractivity contribution is 6.07. The molecule has 2 aromatic carbocycles. The van der Waals surface area contributed by atoms with Crippen molar-refractivity contribution in [2.75, 3.05) is 41.8 Å². The Kier molecular flexibility index (Phi) is 5.99. The number of carbonyl (C=O) groups excluding carboxylic acids is 1. The molecule has 1 aliphatic heterocycles. The van der Waals surface area contributed by atoms with Gasteiger partial charge in [0, 0.05) is 36.6 Å². The SMILES string of the molecule is O=C(Nc1ccc(Nc2cc(N3CCOCC3)cnn2)cc1)c1ccccc1[N+](=O)[O-]. The van der Waals surface area contributed by atoms with E-state index in [1.165, 1.54) is 18.2 Å². The quantitative estimate of drug-likeness (QED) is 0.460. The summed E-state index contributed by atoms with van der Waals surface area (Å²) < 4.78 is 5.38. The van der Waals surface area contributed by atoms with E-state index in [0.717, 1.165) is 24.5 Å². The Morgan fingerprint density at radius 1 is 1.06 bits per heavy atom. The Labute approximate surface area is 178 Å². The Hall–Kier alpha value is -4.05. The molecule has 3 aromatic rings. The van der Waals surface area contributed by atoms with E-state index in [1.807, 2.05) is 6.07 Å². The maximum absolute atomic E-state index is 12.4. The summed E-state index contributed by atoms with van der Waals surface area (Å²) >= 11 is 0. The van der Waals surface area contributed by atoms with Gasteiger partial charge in [-0.1, -0.05) is 12.1 Å². The molecule has 10 nitrogen and oxygen atoms in total. The lowest BCUT2D eigenvalue weighted by molar-refractivity contribution is -0.385. The van der Waals surface area contributed by atoms with Crippen LogP contribution in [0.5, 0.6) is 0 Å². The first-order chi connectivity index (χ1) is 15.1. The molecule has 0 spiro atoms. The molecule has 2 N–H and O–H groups in total. The van der Waals surface area contributed by atoms with Gasteiger partial charge >= 0.3 is 0 Å². The number of amides is 1. The zero-order chi connectivity index (χ0) is 21.6. The number of nitrogens with zero attached hydrogens (tertiary/aromatic N) is 4. The molecule has 0 radical (unpaired) electrons. The van der Waals surface area contributed by atoms with Gasteiger partial charge in [-0.05, 0) is 30.3 Å². The predicted octanol–water partition coefficient (Wildman–Crippen LogP) is 3.22. The summed E-state index contributed by atoms with van der Waals surface area (Å²) in [6.07, 6.45) is 1.72. The first kappa shape index (κ1) is 20.2. The van der Waals surface area contributed by atoms with Gasteiger partial charge < -0.3 is 20.3 Å². The van der Waals surface area contributed by atoms with Gasteiger partial charge in [0.05, 0.1) is 30.0 Å². The summed E-state index contributed by atoms with van der Waals surface area (Å²) in [6.45, 7) is 2.98. The van der Waals surface area contributed by atoms with E-state index in [9.17, 15) is 14.9 Å². The average molecular weight is 420 g/mol. The minimum atomic E-state index is -0.575. The molecule has 158 valence electrons. The van der Waals surface area contributed by atoms with Gasteiger partial charge in [-0.15, -0.1) is 5.10 Å². The highest BCUT2D eigenvalue weighted by atomic mass is 16.6. The number of ether oxygens (including phenoxy) is 1. The number of rotatable bonds is 6. The van der Waals surface area contributed by atoms with E-state index in [1.54, 1.807) is 36.5 Å². The number of hydrogen-bond acceptors (Lipinski definition) is 8. The van der Waals surface area contributed by atoms with Crippen LogP contribution in [-0.4, -0.2) is 47.3 Å². The van der Waals surface area contributed by atoms with E-state index in [4.69, 9.17) is 4.74 Å². The first-order valence-electron chi connectivity index (χ1n) is 9.67. The highest BCUT2D eigenvalue weighted by Crippen LogP contribution is 2.23. The van der Waals surface area contributed by atoms with Crippen molar-refractivity contribution >= 4 is 34.5 Å². The number of carbonyl (C=O) groups is 1. The summed E-state index contributed by atoms with van der Waals surface area (Å²) in [5.74, 6) is 0.0535. The number of nitro benzene ring substituents is 1. The monoisotopic (exact) mass is 420 g/mol. The van der Waals surface area contributed by atoms with Crippen LogP contribution in [0.1, 0.15) is 10.4 Å². The summed E-state index contributed by atoms with van der Waals surface area (Å²) in [5.41, 5.74) is 2.01. The fraction of sp³-hybridized carbons (Fsp3) is 0.190. The lowest BCUT2D eigenvalue weighted by atomic mass is 10.1. The van der Waals surface area contributed by atoms with Crippen molar-refractivity contribution in [3.8, 4) is 0 Å². The standard InChI is InChI=1S/C21H20N6O4/c28-21(18-3-1-2-4-19(18)27(29)30)24-16-7-5-15(6-8-16)23-20-13-17(14-22-25-20)26-9-11-31-12-10-26/h1-8,13-14H,9-12H2,(H,23,25)(H,24,28). The van der Waals surface area contributed by atoms with Gasteiger partial charge in [0.2, 0.25) is 0 Å². The number of para-hydroxylation sites is 1. The molecule has 1 fully saturated rings. The van der Waals surface area contributed by atoms with Crippen LogP contribution in [0.2, 0.25) is 0 Å². The second kappa shape index (κ2) is 9.18. The van der Waals surface area contributed by atoms with Gasteiger partial charge in [0.15, 0.2) is 5.82 Å². The summed E-state index contributed by atoms with van der Waals surface area (Å²) in [7, 11) is 0. The fourth-order valence-corrected chi connectivity index (χ4v) is 3.22. The van der Waals surface area contributed by atoms with Crippen LogP contribution in [0, 0.1) is 10.1 Å². The third-order valence-corrected chi connectivity index (χ3v) is 4.78. The normalized spacial score (nSPS) is 13.5. The smallest absolute Gasteiger partial charge is 0.282 e. The van der Waals surface area contributed by atoms with E-state index in [-0.39, 0.29) is 11.3 Å². The van der Waals surface area contributed by atoms with Crippen molar-refractivity contribution in [2.45, 2.75) is 0 Å². The fourth-order valence-electron chi connectivity index (χ4n) is 3.22. The molecule has 1 saturated heterocycles. The second-order valence-electron chi connectivity index (χ2n) is 6.83. The number of anilines is 4. The van der Waals surface area contributed by atoms with Crippen LogP contribution in [0.3, 0.4) is 0 Å². The molecule has 2 heterocycles. The molecule has 4 rings (SSSR count). The predicted molar refractivity (Wildman–Crippen MR) is 116 cm³/mol. The minimum absolute atomic E-state index is 0.00454. The van der Waals surface area contributed by atoms with Gasteiger partial charge in [-0.25, -0.2) is 0 Å². The molecule has 10 heteroatoms. The molecule has 1 aliphatic rings. The minimum Gasteiger partial charge on any atom is -0.378 e. The molecular weight excluding hydrogens is 400 g/mol. The van der Waals surface area contributed by atoms with Crippen molar-refractivity contribution in [3.05, 3.63) is 76.5 Å². The Balaban J connectivity index is 1.42. The van der Waals surface area contributed by atoms with E-state index in [2.05, 4.69) is 25.7 Å². The first-order valence-corrected chi connectivity index (χ1v) is 9.67. The van der Waals surface area contributed by atoms with Crippen molar-refractivity contribution in [2.24, 2.45) is 0 Å². The van der Waals surface area contributed by atoms with Crippen molar-refractivity contribution < 1.29 is 14.5 Å². The third kappa shape index (κ3) is 4.93. The number of benzene rings is 2. The van der Waals surface area contributed by atoms with E-state index >= 15 is 0 Å². The third-order valence-electron chi connectivity index (χ3n) is 4.78. The zero-order valence-corrected chi connectivity index (χ0v) is 16.5. The van der Waals surface area contributed by atoms with Gasteiger partial charge in [0.25, 0.3) is 11.6 Å². The van der Waals surface area contributed by atoms with Crippen LogP contribution < -0.4 is 15.5 Å². The molecule has 0 saturated carbocycles. The largest absolute Gasteiger partial charge is 0.378 e. The molecule has 0 atom stereocenters. The van der Waals surface area contributed by atoms with E-state index < -0.39 is 10.8 Å². The molecule has 0 aliphatic carbocycles. The molecule has 31 heavy (non-hydrogen) atoms. The number of aromatic nitrogens is 2. The Morgan fingerprint density at radius 2 is 1.77 bits per heavy atom. The van der Waals surface area contributed by atoms with Crippen LogP contribution >= 0.6 is 0 Å². The van der Waals surface area contributed by atoms with E-state index in [0.29, 0.717) is 24.7 Å². The zero-order valence-electron chi connectivity index (χ0n) is 16.5. The molecule has 1 aromatic heterocycles. The maximum atomic E-state index is 12.4. The number of nitro groups is 1.